The van der Waals surface area contributed by atoms with Crippen LogP contribution >= 0.6 is 0 Å². The van der Waals surface area contributed by atoms with Crippen LogP contribution in [0.3, 0.4) is 0 Å². The number of hydrogen-bond donors (Lipinski definition) is 1. The maximum atomic E-state index is 14.3. The molecule has 0 aliphatic rings. The lowest BCUT2D eigenvalue weighted by Gasteiger charge is -2.20. The van der Waals surface area contributed by atoms with Crippen LogP contribution in [0.1, 0.15) is 29.7 Å². The van der Waals surface area contributed by atoms with Crippen molar-refractivity contribution < 1.29 is 9.13 Å². The van der Waals surface area contributed by atoms with E-state index in [0.29, 0.717) is 17.7 Å². The first-order chi connectivity index (χ1) is 10.2. The Morgan fingerprint density at radius 1 is 1.10 bits per heavy atom. The maximum Gasteiger partial charge on any atom is 0.168 e. The molecular weight excluding hydrogens is 265 g/mol. The fourth-order valence-electron chi connectivity index (χ4n) is 2.66. The lowest BCUT2D eigenvalue weighted by Crippen LogP contribution is -2.20. The van der Waals surface area contributed by atoms with Gasteiger partial charge in [0.25, 0.3) is 0 Å². The molecule has 2 nitrogen and oxygen atoms in total. The zero-order valence-corrected chi connectivity index (χ0v) is 12.8. The van der Waals surface area contributed by atoms with Crippen LogP contribution in [0.25, 0.3) is 0 Å². The number of benzene rings is 2. The average molecular weight is 287 g/mol. The summed E-state index contributed by atoms with van der Waals surface area (Å²) in [7, 11) is 3.40. The van der Waals surface area contributed by atoms with E-state index in [1.54, 1.807) is 6.07 Å². The van der Waals surface area contributed by atoms with Gasteiger partial charge in [-0.25, -0.2) is 4.39 Å². The molecule has 0 spiro atoms. The Kier molecular flexibility index (Phi) is 5.34. The van der Waals surface area contributed by atoms with Gasteiger partial charge in [0.15, 0.2) is 11.6 Å². The molecule has 0 saturated carbocycles. The normalized spacial score (nSPS) is 12.2. The van der Waals surface area contributed by atoms with E-state index in [9.17, 15) is 4.39 Å². The summed E-state index contributed by atoms with van der Waals surface area (Å²) in [6, 6.07) is 13.7. The Balaban J connectivity index is 2.31. The highest BCUT2D eigenvalue weighted by atomic mass is 19.1. The standard InChI is InChI=1S/C18H22FNO/c1-4-13-8-5-6-10-15(13)16(20-2)12-14-9-7-11-17(21-3)18(14)19/h5-11,16,20H,4,12H2,1-3H3. The predicted octanol–water partition coefficient (Wildman–Crippen LogP) is 3.90. The van der Waals surface area contributed by atoms with E-state index in [0.717, 1.165) is 6.42 Å². The summed E-state index contributed by atoms with van der Waals surface area (Å²) in [6.07, 6.45) is 1.56. The van der Waals surface area contributed by atoms with E-state index < -0.39 is 0 Å². The highest BCUT2D eigenvalue weighted by Crippen LogP contribution is 2.26. The summed E-state index contributed by atoms with van der Waals surface area (Å²) < 4.78 is 19.4. The molecular formula is C18H22FNO. The second kappa shape index (κ2) is 7.23. The first kappa shape index (κ1) is 15.5. The van der Waals surface area contributed by atoms with E-state index in [1.165, 1.54) is 18.2 Å². The van der Waals surface area contributed by atoms with Gasteiger partial charge in [0, 0.05) is 6.04 Å². The molecule has 0 heterocycles. The SMILES string of the molecule is CCc1ccccc1C(Cc1cccc(OC)c1F)NC. The molecule has 2 aromatic rings. The van der Waals surface area contributed by atoms with Crippen LogP contribution in [-0.2, 0) is 12.8 Å². The maximum absolute atomic E-state index is 14.3. The molecule has 1 unspecified atom stereocenters. The van der Waals surface area contributed by atoms with Crippen LogP contribution in [-0.4, -0.2) is 14.2 Å². The van der Waals surface area contributed by atoms with Gasteiger partial charge in [-0.3, -0.25) is 0 Å². The molecule has 2 rings (SSSR count). The molecule has 2 aromatic carbocycles. The smallest absolute Gasteiger partial charge is 0.168 e. The molecule has 0 amide bonds. The van der Waals surface area contributed by atoms with Crippen molar-refractivity contribution in [1.29, 1.82) is 0 Å². The number of methoxy groups -OCH3 is 1. The van der Waals surface area contributed by atoms with Crippen molar-refractivity contribution in [2.24, 2.45) is 0 Å². The minimum absolute atomic E-state index is 0.0859. The molecule has 0 aromatic heterocycles. The van der Waals surface area contributed by atoms with Gasteiger partial charge in [0.2, 0.25) is 0 Å². The van der Waals surface area contributed by atoms with Gasteiger partial charge in [0.1, 0.15) is 0 Å². The highest BCUT2D eigenvalue weighted by molar-refractivity contribution is 5.35. The van der Waals surface area contributed by atoms with Gasteiger partial charge < -0.3 is 10.1 Å². The number of halogens is 1. The second-order valence-electron chi connectivity index (χ2n) is 5.03. The third-order valence-corrected chi connectivity index (χ3v) is 3.85. The van der Waals surface area contributed by atoms with Crippen LogP contribution in [0.15, 0.2) is 42.5 Å². The Hall–Kier alpha value is -1.87. The number of hydrogen-bond acceptors (Lipinski definition) is 2. The number of ether oxygens (including phenoxy) is 1. The van der Waals surface area contributed by atoms with Crippen LogP contribution in [0, 0.1) is 5.82 Å². The van der Waals surface area contributed by atoms with E-state index in [2.05, 4.69) is 24.4 Å². The van der Waals surface area contributed by atoms with Crippen molar-refractivity contribution in [2.45, 2.75) is 25.8 Å². The third-order valence-electron chi connectivity index (χ3n) is 3.85. The molecule has 112 valence electrons. The van der Waals surface area contributed by atoms with Gasteiger partial charge in [0.05, 0.1) is 7.11 Å². The molecule has 0 aliphatic heterocycles. The van der Waals surface area contributed by atoms with Crippen LogP contribution < -0.4 is 10.1 Å². The number of rotatable bonds is 6. The van der Waals surface area contributed by atoms with Crippen LogP contribution in [0.4, 0.5) is 4.39 Å². The van der Waals surface area contributed by atoms with E-state index in [1.807, 2.05) is 31.3 Å². The molecule has 0 saturated heterocycles. The monoisotopic (exact) mass is 287 g/mol. The van der Waals surface area contributed by atoms with Gasteiger partial charge >= 0.3 is 0 Å². The first-order valence-electron chi connectivity index (χ1n) is 7.27. The Morgan fingerprint density at radius 3 is 2.48 bits per heavy atom. The highest BCUT2D eigenvalue weighted by Gasteiger charge is 2.17. The first-order valence-corrected chi connectivity index (χ1v) is 7.27. The van der Waals surface area contributed by atoms with Crippen molar-refractivity contribution in [2.75, 3.05) is 14.2 Å². The Morgan fingerprint density at radius 2 is 1.81 bits per heavy atom. The van der Waals surface area contributed by atoms with E-state index in [-0.39, 0.29) is 11.9 Å². The van der Waals surface area contributed by atoms with Crippen molar-refractivity contribution in [3.8, 4) is 5.75 Å². The molecule has 0 radical (unpaired) electrons. The number of likely N-dealkylation sites (N-methyl/N-ethyl adjacent to an activating group) is 1. The molecule has 0 bridgehead atoms. The summed E-state index contributed by atoms with van der Waals surface area (Å²) in [6.45, 7) is 2.14. The zero-order valence-electron chi connectivity index (χ0n) is 12.8. The minimum Gasteiger partial charge on any atom is -0.494 e. The van der Waals surface area contributed by atoms with Gasteiger partial charge in [-0.2, -0.15) is 0 Å². The molecule has 1 N–H and O–H groups in total. The fourth-order valence-corrected chi connectivity index (χ4v) is 2.66. The summed E-state index contributed by atoms with van der Waals surface area (Å²) >= 11 is 0. The Bertz CT molecular complexity index is 598. The van der Waals surface area contributed by atoms with Crippen LogP contribution in [0.2, 0.25) is 0 Å². The lowest BCUT2D eigenvalue weighted by atomic mass is 9.93. The van der Waals surface area contributed by atoms with E-state index >= 15 is 0 Å². The number of nitrogens with one attached hydrogen (secondary N) is 1. The molecule has 1 atom stereocenters. The molecule has 21 heavy (non-hydrogen) atoms. The fraction of sp³-hybridized carbons (Fsp3) is 0.333. The summed E-state index contributed by atoms with van der Waals surface area (Å²) in [5.74, 6) is 0.0281. The summed E-state index contributed by atoms with van der Waals surface area (Å²) in [4.78, 5) is 0. The van der Waals surface area contributed by atoms with Crippen LogP contribution in [0.5, 0.6) is 5.75 Å². The largest absolute Gasteiger partial charge is 0.494 e. The predicted molar refractivity (Wildman–Crippen MR) is 84.3 cm³/mol. The van der Waals surface area contributed by atoms with Crippen molar-refractivity contribution in [3.05, 3.63) is 65.0 Å². The molecule has 3 heteroatoms. The van der Waals surface area contributed by atoms with Crippen molar-refractivity contribution in [1.82, 2.24) is 5.32 Å². The van der Waals surface area contributed by atoms with Crippen molar-refractivity contribution >= 4 is 0 Å². The van der Waals surface area contributed by atoms with Gasteiger partial charge in [-0.1, -0.05) is 43.3 Å². The van der Waals surface area contributed by atoms with Crippen molar-refractivity contribution in [3.63, 3.8) is 0 Å². The third kappa shape index (κ3) is 3.42. The van der Waals surface area contributed by atoms with E-state index in [4.69, 9.17) is 4.74 Å². The van der Waals surface area contributed by atoms with Gasteiger partial charge in [-0.05, 0) is 42.6 Å². The zero-order chi connectivity index (χ0) is 15.2. The second-order valence-corrected chi connectivity index (χ2v) is 5.03. The topological polar surface area (TPSA) is 21.3 Å². The lowest BCUT2D eigenvalue weighted by molar-refractivity contribution is 0.383. The molecule has 0 fully saturated rings. The minimum atomic E-state index is -0.269. The quantitative estimate of drug-likeness (QED) is 0.870. The Labute approximate surface area is 126 Å². The van der Waals surface area contributed by atoms with Gasteiger partial charge in [-0.15, -0.1) is 0 Å². The summed E-state index contributed by atoms with van der Waals surface area (Å²) in [5.41, 5.74) is 3.18. The average Bonchev–Trinajstić information content (AvgIpc) is 2.54. The number of aryl methyl sites for hydroxylation is 1. The summed E-state index contributed by atoms with van der Waals surface area (Å²) in [5, 5.41) is 3.30. The molecule has 0 aliphatic carbocycles.